The van der Waals surface area contributed by atoms with Crippen molar-refractivity contribution in [3.63, 3.8) is 0 Å². The minimum atomic E-state index is -4.05. The zero-order valence-corrected chi connectivity index (χ0v) is 19.8. The van der Waals surface area contributed by atoms with Gasteiger partial charge in [-0.15, -0.1) is 0 Å². The Hall–Kier alpha value is -1.85. The van der Waals surface area contributed by atoms with Crippen molar-refractivity contribution >= 4 is 43.0 Å². The van der Waals surface area contributed by atoms with Crippen LogP contribution in [0.4, 0.5) is 11.4 Å². The molecule has 1 aliphatic rings. The molecule has 0 amide bonds. The van der Waals surface area contributed by atoms with E-state index in [9.17, 15) is 16.8 Å². The predicted molar refractivity (Wildman–Crippen MR) is 122 cm³/mol. The minimum absolute atomic E-state index is 0.0186. The maximum Gasteiger partial charge on any atom is 0.263 e. The lowest BCUT2D eigenvalue weighted by Crippen LogP contribution is -2.37. The third-order valence-electron chi connectivity index (χ3n) is 5.03. The Bertz CT molecular complexity index is 1130. The number of ether oxygens (including phenoxy) is 1. The van der Waals surface area contributed by atoms with Crippen molar-refractivity contribution in [2.24, 2.45) is 0 Å². The first-order valence-corrected chi connectivity index (χ1v) is 13.2. The second-order valence-corrected chi connectivity index (χ2v) is 10.9. The minimum Gasteiger partial charge on any atom is -0.378 e. The topological polar surface area (TPSA) is 96.0 Å². The molecule has 1 fully saturated rings. The van der Waals surface area contributed by atoms with Gasteiger partial charge < -0.3 is 9.64 Å². The fraction of sp³-hybridized carbons (Fsp3) is 0.400. The molecule has 0 radical (unpaired) electrons. The summed E-state index contributed by atoms with van der Waals surface area (Å²) < 4.78 is 61.4. The summed E-state index contributed by atoms with van der Waals surface area (Å²) in [5.41, 5.74) is 0.757. The summed E-state index contributed by atoms with van der Waals surface area (Å²) in [5, 5.41) is 0.0786. The summed E-state index contributed by atoms with van der Waals surface area (Å²) in [5.74, 6) is 0. The maximum absolute atomic E-state index is 13.1. The van der Waals surface area contributed by atoms with E-state index in [4.69, 9.17) is 16.3 Å². The Morgan fingerprint density at radius 2 is 1.68 bits per heavy atom. The molecule has 2 aromatic carbocycles. The second-order valence-electron chi connectivity index (χ2n) is 6.90. The van der Waals surface area contributed by atoms with E-state index in [0.29, 0.717) is 45.1 Å². The van der Waals surface area contributed by atoms with E-state index in [2.05, 4.69) is 4.72 Å². The number of rotatable bonds is 8. The van der Waals surface area contributed by atoms with Crippen LogP contribution in [0.3, 0.4) is 0 Å². The summed E-state index contributed by atoms with van der Waals surface area (Å²) in [6.07, 6.45) is 0. The molecule has 2 aromatic rings. The third kappa shape index (κ3) is 5.15. The van der Waals surface area contributed by atoms with Gasteiger partial charge in [0.25, 0.3) is 10.0 Å². The first kappa shape index (κ1) is 23.8. The fourth-order valence-electron chi connectivity index (χ4n) is 3.41. The molecular weight excluding hydrogens is 462 g/mol. The number of morpholine rings is 1. The highest BCUT2D eigenvalue weighted by Crippen LogP contribution is 2.33. The molecule has 0 aromatic heterocycles. The number of nitrogens with zero attached hydrogens (tertiary/aromatic N) is 2. The first-order valence-electron chi connectivity index (χ1n) is 9.95. The zero-order valence-electron chi connectivity index (χ0n) is 17.4. The largest absolute Gasteiger partial charge is 0.378 e. The van der Waals surface area contributed by atoms with Crippen molar-refractivity contribution in [1.82, 2.24) is 4.31 Å². The number of hydrogen-bond donors (Lipinski definition) is 1. The Balaban J connectivity index is 2.09. The van der Waals surface area contributed by atoms with Crippen molar-refractivity contribution < 1.29 is 21.6 Å². The van der Waals surface area contributed by atoms with Crippen LogP contribution < -0.4 is 9.62 Å². The molecule has 0 aliphatic carbocycles. The molecule has 1 heterocycles. The molecule has 8 nitrogen and oxygen atoms in total. The average molecular weight is 488 g/mol. The lowest BCUT2D eigenvalue weighted by molar-refractivity contribution is 0.123. The number of hydrogen-bond acceptors (Lipinski definition) is 6. The number of nitrogens with one attached hydrogen (secondary N) is 1. The van der Waals surface area contributed by atoms with Gasteiger partial charge in [-0.1, -0.05) is 37.6 Å². The predicted octanol–water partition coefficient (Wildman–Crippen LogP) is 3.01. The van der Waals surface area contributed by atoms with Gasteiger partial charge in [0, 0.05) is 26.2 Å². The normalized spacial score (nSPS) is 15.3. The molecule has 1 aliphatic heterocycles. The Kier molecular flexibility index (Phi) is 7.48. The van der Waals surface area contributed by atoms with Crippen LogP contribution in [-0.2, 0) is 24.8 Å². The monoisotopic (exact) mass is 487 g/mol. The van der Waals surface area contributed by atoms with Gasteiger partial charge in [0.15, 0.2) is 0 Å². The molecule has 31 heavy (non-hydrogen) atoms. The number of halogens is 1. The van der Waals surface area contributed by atoms with E-state index in [0.717, 1.165) is 0 Å². The van der Waals surface area contributed by atoms with Crippen LogP contribution in [-0.4, -0.2) is 60.5 Å². The smallest absolute Gasteiger partial charge is 0.263 e. The number of sulfonamides is 2. The summed E-state index contributed by atoms with van der Waals surface area (Å²) >= 11 is 6.10. The number of anilines is 2. The van der Waals surface area contributed by atoms with Crippen LogP contribution in [0.2, 0.25) is 5.02 Å². The first-order chi connectivity index (χ1) is 14.7. The van der Waals surface area contributed by atoms with E-state index < -0.39 is 20.0 Å². The van der Waals surface area contributed by atoms with Crippen molar-refractivity contribution in [3.05, 3.63) is 47.5 Å². The molecule has 0 bridgehead atoms. The Labute approximate surface area is 188 Å². The zero-order chi connectivity index (χ0) is 22.6. The molecule has 0 unspecified atom stereocenters. The molecule has 1 saturated heterocycles. The Morgan fingerprint density at radius 1 is 1.03 bits per heavy atom. The van der Waals surface area contributed by atoms with Crippen molar-refractivity contribution in [2.75, 3.05) is 49.0 Å². The van der Waals surface area contributed by atoms with E-state index >= 15 is 0 Å². The highest BCUT2D eigenvalue weighted by molar-refractivity contribution is 7.93. The lowest BCUT2D eigenvalue weighted by atomic mass is 10.2. The molecule has 11 heteroatoms. The van der Waals surface area contributed by atoms with E-state index in [1.807, 2.05) is 4.90 Å². The molecule has 1 N–H and O–H groups in total. The van der Waals surface area contributed by atoms with E-state index in [1.165, 1.54) is 28.6 Å². The van der Waals surface area contributed by atoms with Crippen molar-refractivity contribution in [3.8, 4) is 0 Å². The van der Waals surface area contributed by atoms with E-state index in [1.54, 1.807) is 32.0 Å². The Morgan fingerprint density at radius 3 is 2.29 bits per heavy atom. The standard InChI is InChI=1S/C20H26ClN3O5S2/c1-3-24(4-2)31(27,28)16-9-10-19(23-11-13-29-14-12-23)18(15-16)22-30(25,26)20-8-6-5-7-17(20)21/h5-10,15,22H,3-4,11-14H2,1-2H3. The van der Waals surface area contributed by atoms with Gasteiger partial charge in [0.1, 0.15) is 4.90 Å². The fourth-order valence-corrected chi connectivity index (χ4v) is 6.48. The van der Waals surface area contributed by atoms with Gasteiger partial charge >= 0.3 is 0 Å². The molecule has 0 atom stereocenters. The maximum atomic E-state index is 13.1. The summed E-state index contributed by atoms with van der Waals surface area (Å²) in [4.78, 5) is 1.90. The highest BCUT2D eigenvalue weighted by atomic mass is 35.5. The van der Waals surface area contributed by atoms with E-state index in [-0.39, 0.29) is 20.5 Å². The summed E-state index contributed by atoms with van der Waals surface area (Å²) in [6.45, 7) is 6.24. The SMILES string of the molecule is CCN(CC)S(=O)(=O)c1ccc(N2CCOCC2)c(NS(=O)(=O)c2ccccc2Cl)c1. The van der Waals surface area contributed by atoms with Crippen LogP contribution in [0.1, 0.15) is 13.8 Å². The second kappa shape index (κ2) is 9.74. The molecular formula is C20H26ClN3O5S2. The van der Waals surface area contributed by atoms with Crippen LogP contribution in [0.5, 0.6) is 0 Å². The van der Waals surface area contributed by atoms with Gasteiger partial charge in [0.2, 0.25) is 10.0 Å². The average Bonchev–Trinajstić information content (AvgIpc) is 2.75. The van der Waals surface area contributed by atoms with Gasteiger partial charge in [0.05, 0.1) is 34.5 Å². The van der Waals surface area contributed by atoms with Gasteiger partial charge in [-0.2, -0.15) is 4.31 Å². The molecule has 3 rings (SSSR count). The van der Waals surface area contributed by atoms with Gasteiger partial charge in [-0.05, 0) is 30.3 Å². The van der Waals surface area contributed by atoms with Crippen LogP contribution in [0.25, 0.3) is 0 Å². The van der Waals surface area contributed by atoms with Crippen LogP contribution in [0.15, 0.2) is 52.3 Å². The molecule has 0 spiro atoms. The third-order valence-corrected chi connectivity index (χ3v) is 8.94. The van der Waals surface area contributed by atoms with Gasteiger partial charge in [-0.25, -0.2) is 16.8 Å². The molecule has 170 valence electrons. The van der Waals surface area contributed by atoms with Gasteiger partial charge in [-0.3, -0.25) is 4.72 Å². The summed E-state index contributed by atoms with van der Waals surface area (Å²) in [6, 6.07) is 10.6. The quantitative estimate of drug-likeness (QED) is 0.615. The molecule has 0 saturated carbocycles. The van der Waals surface area contributed by atoms with Crippen molar-refractivity contribution in [2.45, 2.75) is 23.6 Å². The van der Waals surface area contributed by atoms with Crippen LogP contribution in [0, 0.1) is 0 Å². The van der Waals surface area contributed by atoms with Crippen LogP contribution >= 0.6 is 11.6 Å². The number of benzene rings is 2. The lowest BCUT2D eigenvalue weighted by Gasteiger charge is -2.31. The van der Waals surface area contributed by atoms with Crippen molar-refractivity contribution in [1.29, 1.82) is 0 Å². The summed E-state index contributed by atoms with van der Waals surface area (Å²) in [7, 11) is -7.82. The highest BCUT2D eigenvalue weighted by Gasteiger charge is 2.26.